The molecule has 1 aromatic carbocycles. The molecule has 0 aliphatic rings. The van der Waals surface area contributed by atoms with Crippen LogP contribution in [0.2, 0.25) is 0 Å². The van der Waals surface area contributed by atoms with E-state index in [0.717, 1.165) is 52.9 Å². The minimum absolute atomic E-state index is 0.0903. The fourth-order valence-corrected chi connectivity index (χ4v) is 3.67. The van der Waals surface area contributed by atoms with Crippen LogP contribution in [0.4, 0.5) is 4.79 Å². The Bertz CT molecular complexity index is 881. The van der Waals surface area contributed by atoms with Crippen LogP contribution in [-0.2, 0) is 30.7 Å². The van der Waals surface area contributed by atoms with Gasteiger partial charge in [-0.15, -0.1) is 0 Å². The Hall–Kier alpha value is -2.40. The molecule has 1 aromatic heterocycles. The lowest BCUT2D eigenvalue weighted by molar-refractivity contribution is 0.0523. The first-order valence-corrected chi connectivity index (χ1v) is 11.2. The molecule has 0 bridgehead atoms. The molecular weight excluding hydrogens is 388 g/mol. The average Bonchev–Trinajstić information content (AvgIpc) is 2.66. The number of ether oxygens (including phenoxy) is 1. The van der Waals surface area contributed by atoms with Crippen LogP contribution >= 0.6 is 0 Å². The van der Waals surface area contributed by atoms with Gasteiger partial charge >= 0.3 is 6.09 Å². The summed E-state index contributed by atoms with van der Waals surface area (Å²) in [4.78, 5) is 17.4. The Morgan fingerprint density at radius 1 is 1.13 bits per heavy atom. The highest BCUT2D eigenvalue weighted by Gasteiger charge is 2.22. The van der Waals surface area contributed by atoms with Crippen molar-refractivity contribution in [2.24, 2.45) is 5.92 Å². The standard InChI is InChI=1S/C26H38N2O3/c1-8-9-22-21(16-29)24(19-12-10-18(4)11-13-19)20(23(28-22)14-17(2)3)15-27-25(30)31-26(5,6)7/h10-13,17,29H,8-9,14-16H2,1-7H3,(H,27,30). The van der Waals surface area contributed by atoms with Crippen molar-refractivity contribution >= 4 is 6.09 Å². The van der Waals surface area contributed by atoms with Gasteiger partial charge in [-0.25, -0.2) is 4.79 Å². The zero-order chi connectivity index (χ0) is 23.2. The molecule has 170 valence electrons. The van der Waals surface area contributed by atoms with Crippen LogP contribution in [0, 0.1) is 12.8 Å². The van der Waals surface area contributed by atoms with Crippen molar-refractivity contribution in [2.45, 2.75) is 86.5 Å². The van der Waals surface area contributed by atoms with Gasteiger partial charge in [0.1, 0.15) is 5.60 Å². The lowest BCUT2D eigenvalue weighted by Crippen LogP contribution is -2.32. The third-order valence-electron chi connectivity index (χ3n) is 4.97. The summed E-state index contributed by atoms with van der Waals surface area (Å²) >= 11 is 0. The second-order valence-corrected chi connectivity index (χ2v) is 9.56. The first-order chi connectivity index (χ1) is 14.6. The molecule has 2 N–H and O–H groups in total. The van der Waals surface area contributed by atoms with Crippen molar-refractivity contribution in [1.29, 1.82) is 0 Å². The molecule has 1 amide bonds. The lowest BCUT2D eigenvalue weighted by Gasteiger charge is -2.24. The number of aliphatic hydroxyl groups excluding tert-OH is 1. The minimum Gasteiger partial charge on any atom is -0.444 e. The molecule has 0 saturated carbocycles. The topological polar surface area (TPSA) is 71.5 Å². The predicted octanol–water partition coefficient (Wildman–Crippen LogP) is 5.73. The normalized spacial score (nSPS) is 11.6. The summed E-state index contributed by atoms with van der Waals surface area (Å²) in [5.74, 6) is 0.410. The highest BCUT2D eigenvalue weighted by atomic mass is 16.6. The number of benzene rings is 1. The monoisotopic (exact) mass is 426 g/mol. The Balaban J connectivity index is 2.64. The number of alkyl carbamates (subject to hydrolysis) is 1. The number of pyridine rings is 1. The summed E-state index contributed by atoms with van der Waals surface area (Å²) in [5.41, 5.74) is 6.33. The van der Waals surface area contributed by atoms with E-state index in [9.17, 15) is 9.90 Å². The molecule has 31 heavy (non-hydrogen) atoms. The molecular formula is C26H38N2O3. The van der Waals surface area contributed by atoms with Crippen molar-refractivity contribution in [3.05, 3.63) is 52.3 Å². The van der Waals surface area contributed by atoms with Crippen LogP contribution in [0.1, 0.15) is 76.0 Å². The van der Waals surface area contributed by atoms with Crippen LogP contribution in [0.3, 0.4) is 0 Å². The van der Waals surface area contributed by atoms with Gasteiger partial charge in [-0.05, 0) is 57.6 Å². The van der Waals surface area contributed by atoms with Gasteiger partial charge in [0.15, 0.2) is 0 Å². The maximum atomic E-state index is 12.4. The molecule has 2 aromatic rings. The van der Waals surface area contributed by atoms with Crippen molar-refractivity contribution < 1.29 is 14.6 Å². The molecule has 0 unspecified atom stereocenters. The second kappa shape index (κ2) is 10.8. The van der Waals surface area contributed by atoms with E-state index in [1.54, 1.807) is 0 Å². The molecule has 0 aliphatic carbocycles. The van der Waals surface area contributed by atoms with Crippen LogP contribution < -0.4 is 5.32 Å². The first-order valence-electron chi connectivity index (χ1n) is 11.2. The number of aliphatic hydroxyl groups is 1. The summed E-state index contributed by atoms with van der Waals surface area (Å²) < 4.78 is 5.44. The number of aromatic nitrogens is 1. The maximum Gasteiger partial charge on any atom is 0.407 e. The van der Waals surface area contributed by atoms with Crippen LogP contribution in [0.25, 0.3) is 11.1 Å². The molecule has 1 heterocycles. The summed E-state index contributed by atoms with van der Waals surface area (Å²) in [5, 5.41) is 13.2. The molecule has 0 fully saturated rings. The fourth-order valence-electron chi connectivity index (χ4n) is 3.67. The van der Waals surface area contributed by atoms with Gasteiger partial charge in [0.05, 0.1) is 6.61 Å². The molecule has 2 rings (SSSR count). The Kier molecular flexibility index (Phi) is 8.63. The summed E-state index contributed by atoms with van der Waals surface area (Å²) in [7, 11) is 0. The van der Waals surface area contributed by atoms with Gasteiger partial charge in [-0.1, -0.05) is 57.0 Å². The van der Waals surface area contributed by atoms with Crippen LogP contribution in [-0.4, -0.2) is 21.8 Å². The van der Waals surface area contributed by atoms with Crippen molar-refractivity contribution in [1.82, 2.24) is 10.3 Å². The van der Waals surface area contributed by atoms with Gasteiger partial charge in [0.25, 0.3) is 0 Å². The van der Waals surface area contributed by atoms with Crippen molar-refractivity contribution in [3.63, 3.8) is 0 Å². The van der Waals surface area contributed by atoms with E-state index in [4.69, 9.17) is 9.72 Å². The van der Waals surface area contributed by atoms with Gasteiger partial charge < -0.3 is 15.2 Å². The first kappa shape index (κ1) is 24.9. The molecule has 5 nitrogen and oxygen atoms in total. The summed E-state index contributed by atoms with van der Waals surface area (Å²) in [6, 6.07) is 8.30. The molecule has 5 heteroatoms. The number of hydrogen-bond acceptors (Lipinski definition) is 4. The summed E-state index contributed by atoms with van der Waals surface area (Å²) in [6.45, 7) is 14.3. The Morgan fingerprint density at radius 2 is 1.77 bits per heavy atom. The van der Waals surface area contributed by atoms with Crippen LogP contribution in [0.15, 0.2) is 24.3 Å². The Morgan fingerprint density at radius 3 is 2.29 bits per heavy atom. The van der Waals surface area contributed by atoms with Crippen molar-refractivity contribution in [3.8, 4) is 11.1 Å². The van der Waals surface area contributed by atoms with Gasteiger partial charge in [-0.2, -0.15) is 0 Å². The third-order valence-corrected chi connectivity index (χ3v) is 4.97. The number of amides is 1. The number of nitrogens with one attached hydrogen (secondary N) is 1. The second-order valence-electron chi connectivity index (χ2n) is 9.56. The van der Waals surface area contributed by atoms with E-state index in [-0.39, 0.29) is 6.61 Å². The smallest absolute Gasteiger partial charge is 0.407 e. The number of hydrogen-bond donors (Lipinski definition) is 2. The molecule has 0 spiro atoms. The van der Waals surface area contributed by atoms with E-state index in [1.807, 2.05) is 20.8 Å². The molecule has 0 atom stereocenters. The molecule has 0 radical (unpaired) electrons. The highest BCUT2D eigenvalue weighted by Crippen LogP contribution is 2.33. The SMILES string of the molecule is CCCc1nc(CC(C)C)c(CNC(=O)OC(C)(C)C)c(-c2ccc(C)cc2)c1CO. The zero-order valence-electron chi connectivity index (χ0n) is 20.1. The minimum atomic E-state index is -0.565. The molecule has 0 saturated heterocycles. The van der Waals surface area contributed by atoms with Gasteiger partial charge in [0, 0.05) is 29.1 Å². The van der Waals surface area contributed by atoms with E-state index < -0.39 is 11.7 Å². The fraction of sp³-hybridized carbons (Fsp3) is 0.538. The molecule has 0 aliphatic heterocycles. The van der Waals surface area contributed by atoms with E-state index >= 15 is 0 Å². The van der Waals surface area contributed by atoms with Gasteiger partial charge in [0.2, 0.25) is 0 Å². The van der Waals surface area contributed by atoms with Crippen molar-refractivity contribution in [2.75, 3.05) is 0 Å². The van der Waals surface area contributed by atoms with Crippen LogP contribution in [0.5, 0.6) is 0 Å². The van der Waals surface area contributed by atoms with E-state index in [2.05, 4.69) is 57.3 Å². The van der Waals surface area contributed by atoms with Gasteiger partial charge in [-0.3, -0.25) is 4.98 Å². The maximum absolute atomic E-state index is 12.4. The average molecular weight is 427 g/mol. The van der Waals surface area contributed by atoms with E-state index in [1.165, 1.54) is 5.56 Å². The number of carbonyl (C=O) groups is 1. The largest absolute Gasteiger partial charge is 0.444 e. The van der Waals surface area contributed by atoms with E-state index in [0.29, 0.717) is 12.5 Å². The predicted molar refractivity (Wildman–Crippen MR) is 126 cm³/mol. The number of aryl methyl sites for hydroxylation is 2. The number of carbonyl (C=O) groups excluding carboxylic acids is 1. The summed E-state index contributed by atoms with van der Waals surface area (Å²) in [6.07, 6.45) is 2.09. The highest BCUT2D eigenvalue weighted by molar-refractivity contribution is 5.74. The lowest BCUT2D eigenvalue weighted by atomic mass is 9.89. The zero-order valence-corrected chi connectivity index (χ0v) is 20.1. The third kappa shape index (κ3) is 7.06. The Labute approximate surface area is 187 Å². The quantitative estimate of drug-likeness (QED) is 0.566. The number of rotatable bonds is 8. The number of nitrogens with zero attached hydrogens (tertiary/aromatic N) is 1.